The minimum absolute atomic E-state index is 0.0426. The van der Waals surface area contributed by atoms with Crippen molar-refractivity contribution < 1.29 is 8.78 Å². The van der Waals surface area contributed by atoms with E-state index in [2.05, 4.69) is 0 Å². The minimum atomic E-state index is -0.577. The van der Waals surface area contributed by atoms with Gasteiger partial charge in [-0.1, -0.05) is 29.8 Å². The van der Waals surface area contributed by atoms with Gasteiger partial charge >= 0.3 is 0 Å². The molecule has 0 saturated heterocycles. The molecule has 0 fully saturated rings. The third kappa shape index (κ3) is 2.52. The Bertz CT molecular complexity index is 533. The fraction of sp³-hybridized carbons (Fsp3) is 0.143. The van der Waals surface area contributed by atoms with Crippen LogP contribution >= 0.6 is 11.6 Å². The lowest BCUT2D eigenvalue weighted by molar-refractivity contribution is 0.613. The predicted octanol–water partition coefficient (Wildman–Crippen LogP) is 3.97. The van der Waals surface area contributed by atoms with Gasteiger partial charge < -0.3 is 5.73 Å². The van der Waals surface area contributed by atoms with Crippen molar-refractivity contribution in [3.05, 3.63) is 69.7 Å². The molecule has 2 aromatic rings. The fourth-order valence-electron chi connectivity index (χ4n) is 1.70. The highest BCUT2D eigenvalue weighted by molar-refractivity contribution is 6.30. The Labute approximate surface area is 109 Å². The highest BCUT2D eigenvalue weighted by atomic mass is 35.5. The summed E-state index contributed by atoms with van der Waals surface area (Å²) in [7, 11) is 0. The summed E-state index contributed by atoms with van der Waals surface area (Å²) in [5.41, 5.74) is 7.68. The Morgan fingerprint density at radius 3 is 2.11 bits per heavy atom. The average Bonchev–Trinajstić information content (AvgIpc) is 2.35. The molecule has 0 spiro atoms. The lowest BCUT2D eigenvalue weighted by atomic mass is 9.98. The molecular formula is C14H12ClF2N. The molecule has 0 heterocycles. The summed E-state index contributed by atoms with van der Waals surface area (Å²) in [6.45, 7) is 1.67. The van der Waals surface area contributed by atoms with Crippen molar-refractivity contribution in [3.63, 3.8) is 0 Å². The first-order chi connectivity index (χ1) is 8.49. The van der Waals surface area contributed by atoms with E-state index in [9.17, 15) is 8.78 Å². The van der Waals surface area contributed by atoms with Crippen LogP contribution in [0.15, 0.2) is 36.4 Å². The van der Waals surface area contributed by atoms with Gasteiger partial charge in [-0.3, -0.25) is 0 Å². The molecule has 0 aliphatic heterocycles. The van der Waals surface area contributed by atoms with Crippen LogP contribution in [-0.4, -0.2) is 0 Å². The van der Waals surface area contributed by atoms with Crippen LogP contribution in [0.1, 0.15) is 22.7 Å². The Kier molecular flexibility index (Phi) is 3.64. The molecule has 1 unspecified atom stereocenters. The van der Waals surface area contributed by atoms with Crippen molar-refractivity contribution in [1.29, 1.82) is 0 Å². The molecule has 0 radical (unpaired) electrons. The SMILES string of the molecule is Cc1ccc(C(N)c2ccc(Cl)c(F)c2)cc1F. The van der Waals surface area contributed by atoms with Gasteiger partial charge in [-0.15, -0.1) is 0 Å². The highest BCUT2D eigenvalue weighted by Crippen LogP contribution is 2.24. The number of halogens is 3. The van der Waals surface area contributed by atoms with Crippen molar-refractivity contribution in [2.75, 3.05) is 0 Å². The Morgan fingerprint density at radius 1 is 1.00 bits per heavy atom. The maximum atomic E-state index is 13.4. The van der Waals surface area contributed by atoms with Gasteiger partial charge in [0.05, 0.1) is 11.1 Å². The summed E-state index contributed by atoms with van der Waals surface area (Å²) in [4.78, 5) is 0. The summed E-state index contributed by atoms with van der Waals surface area (Å²) in [5, 5.41) is 0.0426. The summed E-state index contributed by atoms with van der Waals surface area (Å²) in [6, 6.07) is 8.51. The van der Waals surface area contributed by atoms with Crippen molar-refractivity contribution in [2.24, 2.45) is 5.73 Å². The van der Waals surface area contributed by atoms with E-state index in [1.54, 1.807) is 25.1 Å². The number of benzene rings is 2. The van der Waals surface area contributed by atoms with Crippen molar-refractivity contribution >= 4 is 11.6 Å². The first-order valence-corrected chi connectivity index (χ1v) is 5.83. The molecule has 2 N–H and O–H groups in total. The summed E-state index contributed by atoms with van der Waals surface area (Å²) < 4.78 is 26.8. The second-order valence-corrected chi connectivity index (χ2v) is 4.57. The Hall–Kier alpha value is -1.45. The largest absolute Gasteiger partial charge is 0.320 e. The number of rotatable bonds is 2. The normalized spacial score (nSPS) is 12.5. The van der Waals surface area contributed by atoms with E-state index in [0.717, 1.165) is 0 Å². The van der Waals surface area contributed by atoms with Crippen LogP contribution in [0.25, 0.3) is 0 Å². The topological polar surface area (TPSA) is 26.0 Å². The fourth-order valence-corrected chi connectivity index (χ4v) is 1.82. The van der Waals surface area contributed by atoms with Crippen LogP contribution < -0.4 is 5.73 Å². The summed E-state index contributed by atoms with van der Waals surface area (Å²) in [5.74, 6) is -0.852. The van der Waals surface area contributed by atoms with Crippen LogP contribution in [-0.2, 0) is 0 Å². The van der Waals surface area contributed by atoms with Crippen LogP contribution in [0, 0.1) is 18.6 Å². The van der Waals surface area contributed by atoms with Gasteiger partial charge in [-0.05, 0) is 41.8 Å². The van der Waals surface area contributed by atoms with Gasteiger partial charge in [0.1, 0.15) is 11.6 Å². The predicted molar refractivity (Wildman–Crippen MR) is 68.6 cm³/mol. The maximum Gasteiger partial charge on any atom is 0.142 e. The molecule has 2 rings (SSSR count). The van der Waals surface area contributed by atoms with Gasteiger partial charge in [0, 0.05) is 0 Å². The van der Waals surface area contributed by atoms with E-state index in [0.29, 0.717) is 16.7 Å². The van der Waals surface area contributed by atoms with Crippen molar-refractivity contribution in [1.82, 2.24) is 0 Å². The quantitative estimate of drug-likeness (QED) is 0.875. The standard InChI is InChI=1S/C14H12ClF2N/c1-8-2-3-9(6-12(8)16)14(18)10-4-5-11(15)13(17)7-10/h2-7,14H,18H2,1H3. The molecule has 0 aromatic heterocycles. The van der Waals surface area contributed by atoms with E-state index in [1.165, 1.54) is 18.2 Å². The smallest absolute Gasteiger partial charge is 0.142 e. The molecule has 0 saturated carbocycles. The first-order valence-electron chi connectivity index (χ1n) is 5.45. The lowest BCUT2D eigenvalue weighted by Crippen LogP contribution is -2.12. The Balaban J connectivity index is 2.37. The van der Waals surface area contributed by atoms with Crippen LogP contribution in [0.3, 0.4) is 0 Å². The van der Waals surface area contributed by atoms with Gasteiger partial charge in [0.2, 0.25) is 0 Å². The van der Waals surface area contributed by atoms with E-state index < -0.39 is 11.9 Å². The zero-order valence-electron chi connectivity index (χ0n) is 9.75. The van der Waals surface area contributed by atoms with Gasteiger partial charge in [0.25, 0.3) is 0 Å². The molecule has 18 heavy (non-hydrogen) atoms. The zero-order chi connectivity index (χ0) is 13.3. The monoisotopic (exact) mass is 267 g/mol. The molecule has 4 heteroatoms. The van der Waals surface area contributed by atoms with Crippen LogP contribution in [0.2, 0.25) is 5.02 Å². The van der Waals surface area contributed by atoms with Crippen molar-refractivity contribution in [3.8, 4) is 0 Å². The zero-order valence-corrected chi connectivity index (χ0v) is 10.5. The minimum Gasteiger partial charge on any atom is -0.320 e. The highest BCUT2D eigenvalue weighted by Gasteiger charge is 2.12. The molecule has 94 valence electrons. The average molecular weight is 268 g/mol. The van der Waals surface area contributed by atoms with Crippen LogP contribution in [0.4, 0.5) is 8.78 Å². The molecule has 1 atom stereocenters. The van der Waals surface area contributed by atoms with Crippen molar-refractivity contribution in [2.45, 2.75) is 13.0 Å². The second-order valence-electron chi connectivity index (χ2n) is 4.16. The molecule has 2 aromatic carbocycles. The third-order valence-electron chi connectivity index (χ3n) is 2.86. The van der Waals surface area contributed by atoms with E-state index in [-0.39, 0.29) is 10.8 Å². The second kappa shape index (κ2) is 5.04. The molecular weight excluding hydrogens is 256 g/mol. The van der Waals surface area contributed by atoms with E-state index >= 15 is 0 Å². The molecule has 0 amide bonds. The summed E-state index contributed by atoms with van der Waals surface area (Å²) >= 11 is 5.60. The molecule has 0 aliphatic carbocycles. The first kappa shape index (κ1) is 13.0. The van der Waals surface area contributed by atoms with Gasteiger partial charge in [-0.25, -0.2) is 8.78 Å². The Morgan fingerprint density at radius 2 is 1.56 bits per heavy atom. The number of hydrogen-bond donors (Lipinski definition) is 1. The molecule has 0 bridgehead atoms. The van der Waals surface area contributed by atoms with E-state index in [1.807, 2.05) is 0 Å². The molecule has 0 aliphatic rings. The lowest BCUT2D eigenvalue weighted by Gasteiger charge is -2.13. The number of hydrogen-bond acceptors (Lipinski definition) is 1. The molecule has 1 nitrogen and oxygen atoms in total. The van der Waals surface area contributed by atoms with E-state index in [4.69, 9.17) is 17.3 Å². The van der Waals surface area contributed by atoms with Gasteiger partial charge in [-0.2, -0.15) is 0 Å². The number of aryl methyl sites for hydroxylation is 1. The van der Waals surface area contributed by atoms with Gasteiger partial charge in [0.15, 0.2) is 0 Å². The maximum absolute atomic E-state index is 13.4. The number of nitrogens with two attached hydrogens (primary N) is 1. The van der Waals surface area contributed by atoms with Crippen LogP contribution in [0.5, 0.6) is 0 Å². The summed E-state index contributed by atoms with van der Waals surface area (Å²) in [6.07, 6.45) is 0. The third-order valence-corrected chi connectivity index (χ3v) is 3.16.